The molecule has 27 nitrogen and oxygen atoms in total. The highest BCUT2D eigenvalue weighted by molar-refractivity contribution is 6.36. The molecule has 1 aromatic heterocycles. The fourth-order valence-electron chi connectivity index (χ4n) is 9.28. The Morgan fingerprint density at radius 1 is 0.127 bits per heavy atom. The second-order valence-corrected chi connectivity index (χ2v) is 15.8. The minimum atomic E-state index is -1.78. The van der Waals surface area contributed by atoms with Gasteiger partial charge in [0.05, 0.1) is 32.5 Å². The van der Waals surface area contributed by atoms with Gasteiger partial charge in [-0.15, -0.1) is 0 Å². The number of fused-ring (bicyclic) bond motifs is 9. The molecule has 0 aliphatic heterocycles. The van der Waals surface area contributed by atoms with E-state index in [0.717, 1.165) is 0 Å². The molecule has 0 atom stereocenters. The first-order chi connectivity index (χ1) is 33.2. The van der Waals surface area contributed by atoms with Gasteiger partial charge in [-0.25, -0.2) is 0 Å². The van der Waals surface area contributed by atoms with Crippen LogP contribution in [-0.4, -0.2) is 133 Å². The van der Waals surface area contributed by atoms with Crippen LogP contribution in [0.4, 0.5) is 0 Å². The van der Waals surface area contributed by atoms with Gasteiger partial charge >= 0.3 is 0 Å². The van der Waals surface area contributed by atoms with Gasteiger partial charge in [0, 0.05) is 54.4 Å². The van der Waals surface area contributed by atoms with Crippen molar-refractivity contribution in [3.05, 3.63) is 0 Å². The summed E-state index contributed by atoms with van der Waals surface area (Å²) < 4.78 is 5.57. The van der Waals surface area contributed by atoms with E-state index in [-0.39, 0.29) is 0 Å². The summed E-state index contributed by atoms with van der Waals surface area (Å²) in [5.74, 6) is -42.0. The topological polar surface area (TPSA) is 539 Å². The molecule has 9 aromatic carbocycles. The monoisotopic (exact) mass is 986 g/mol. The Morgan fingerprint density at radius 3 is 0.761 bits per heavy atom. The predicted molar refractivity (Wildman–Crippen MR) is 235 cm³/mol. The van der Waals surface area contributed by atoms with Crippen LogP contribution in [0, 0.1) is 0 Å². The predicted octanol–water partition coefficient (Wildman–Crippen LogP) is 5.03. The van der Waals surface area contributed by atoms with E-state index in [9.17, 15) is 133 Å². The number of hydrogen-bond donors (Lipinski definition) is 26. The van der Waals surface area contributed by atoms with E-state index in [0.29, 0.717) is 0 Å². The van der Waals surface area contributed by atoms with Gasteiger partial charge in [0.1, 0.15) is 11.5 Å². The van der Waals surface area contributed by atoms with Gasteiger partial charge in [0.15, 0.2) is 91.7 Å². The molecular formula is C44H26O27. The molecule has 27 heteroatoms. The summed E-state index contributed by atoms with van der Waals surface area (Å²) in [6.07, 6.45) is 0. The Labute approximate surface area is 384 Å². The van der Waals surface area contributed by atoms with Crippen molar-refractivity contribution >= 4 is 75.8 Å². The second-order valence-electron chi connectivity index (χ2n) is 15.8. The maximum Gasteiger partial charge on any atom is 0.205 e. The van der Waals surface area contributed by atoms with Crippen molar-refractivity contribution in [1.29, 1.82) is 0 Å². The van der Waals surface area contributed by atoms with Crippen LogP contribution in [0.5, 0.6) is 149 Å². The van der Waals surface area contributed by atoms with Gasteiger partial charge in [-0.2, -0.15) is 0 Å². The van der Waals surface area contributed by atoms with Crippen molar-refractivity contribution in [3.63, 3.8) is 0 Å². The SMILES string of the molecule is Oc1c(O)c(-c2c3c(O)c(O)c(O)c(O)c3c(-c3c(O)c(O)c4c(c3O)c(O)c(O)c3c(O)c(O)c(O)c(O)c34)c3c(O)c(O)c(O)c(O)c23)c2c(oc3c(O)c4c(O)c(O)c(O)c(O)c4c(O)c32)c1O. The number of aromatic hydroxyl groups is 26. The summed E-state index contributed by atoms with van der Waals surface area (Å²) in [6.45, 7) is 0. The van der Waals surface area contributed by atoms with E-state index in [1.165, 1.54) is 0 Å². The lowest BCUT2D eigenvalue weighted by Crippen LogP contribution is -1.97. The van der Waals surface area contributed by atoms with Gasteiger partial charge in [-0.1, -0.05) is 0 Å². The number of furan rings is 1. The highest BCUT2D eigenvalue weighted by Crippen LogP contribution is 2.69. The van der Waals surface area contributed by atoms with Crippen LogP contribution < -0.4 is 0 Å². The molecule has 0 amide bonds. The standard InChI is InChI=1S/C44H26O27/c45-17-11(26(54)19(47)8-9-13(28(56)27(55)12(8)17)29(57)38(66)37(65)25(9)53)2-5-3(20(48)33(61)35(63)22(5)50)1(4-6(2)23(51)36(64)34(62)21(4)49)7-10-16-18(46)14-15(31(59)40(68)39(67)30(14)58)32(60)44(16)71-43(10)42(70)41(69)24(7)52/h45-70H. The largest absolute Gasteiger partial charge is 0.506 e. The van der Waals surface area contributed by atoms with E-state index in [1.807, 2.05) is 0 Å². The van der Waals surface area contributed by atoms with Crippen molar-refractivity contribution in [2.24, 2.45) is 0 Å². The average Bonchev–Trinajstić information content (AvgIpc) is 3.74. The molecule has 0 bridgehead atoms. The zero-order chi connectivity index (χ0) is 52.1. The molecule has 0 aliphatic rings. The summed E-state index contributed by atoms with van der Waals surface area (Å²) in [4.78, 5) is 0. The minimum Gasteiger partial charge on any atom is -0.506 e. The first-order valence-electron chi connectivity index (χ1n) is 19.2. The van der Waals surface area contributed by atoms with Crippen molar-refractivity contribution in [2.75, 3.05) is 0 Å². The number of rotatable bonds is 2. The Balaban J connectivity index is 1.55. The second kappa shape index (κ2) is 13.3. The first-order valence-corrected chi connectivity index (χ1v) is 19.2. The molecule has 26 N–H and O–H groups in total. The summed E-state index contributed by atoms with van der Waals surface area (Å²) in [6, 6.07) is 0. The molecule has 364 valence electrons. The van der Waals surface area contributed by atoms with Crippen LogP contribution in [0.15, 0.2) is 4.42 Å². The van der Waals surface area contributed by atoms with Crippen LogP contribution in [0.2, 0.25) is 0 Å². The quantitative estimate of drug-likeness (QED) is 0.0467. The molecule has 1 heterocycles. The van der Waals surface area contributed by atoms with Crippen LogP contribution in [-0.2, 0) is 0 Å². The van der Waals surface area contributed by atoms with Crippen LogP contribution in [0.3, 0.4) is 0 Å². The first kappa shape index (κ1) is 43.8. The molecule has 0 aliphatic carbocycles. The van der Waals surface area contributed by atoms with Crippen LogP contribution in [0.25, 0.3) is 98.1 Å². The van der Waals surface area contributed by atoms with Crippen LogP contribution in [0.1, 0.15) is 0 Å². The summed E-state index contributed by atoms with van der Waals surface area (Å²) in [5.41, 5.74) is -7.88. The summed E-state index contributed by atoms with van der Waals surface area (Å²) >= 11 is 0. The number of benzene rings is 9. The number of phenols is 26. The zero-order valence-electron chi connectivity index (χ0n) is 34.0. The molecule has 71 heavy (non-hydrogen) atoms. The smallest absolute Gasteiger partial charge is 0.205 e. The summed E-state index contributed by atoms with van der Waals surface area (Å²) in [5, 5.41) is 277. The maximum absolute atomic E-state index is 12.1. The van der Waals surface area contributed by atoms with Gasteiger partial charge < -0.3 is 137 Å². The fraction of sp³-hybridized carbons (Fsp3) is 0. The van der Waals surface area contributed by atoms with E-state index in [1.54, 1.807) is 0 Å². The van der Waals surface area contributed by atoms with E-state index in [4.69, 9.17) is 4.42 Å². The minimum absolute atomic E-state index is 1.07. The van der Waals surface area contributed by atoms with E-state index < -0.39 is 248 Å². The van der Waals surface area contributed by atoms with Crippen molar-refractivity contribution < 1.29 is 137 Å². The molecule has 0 unspecified atom stereocenters. The third kappa shape index (κ3) is 4.72. The molecule has 0 saturated carbocycles. The lowest BCUT2D eigenvalue weighted by atomic mass is 9.81. The van der Waals surface area contributed by atoms with Gasteiger partial charge in [-0.3, -0.25) is 0 Å². The van der Waals surface area contributed by atoms with Crippen molar-refractivity contribution in [1.82, 2.24) is 0 Å². The highest BCUT2D eigenvalue weighted by Gasteiger charge is 2.40. The average molecular weight is 987 g/mol. The van der Waals surface area contributed by atoms with Gasteiger partial charge in [-0.05, 0) is 0 Å². The molecule has 0 spiro atoms. The fourth-order valence-corrected chi connectivity index (χ4v) is 9.28. The molecule has 0 radical (unpaired) electrons. The zero-order valence-corrected chi connectivity index (χ0v) is 34.0. The van der Waals surface area contributed by atoms with Crippen LogP contribution >= 0.6 is 0 Å². The maximum atomic E-state index is 12.1. The third-order valence-corrected chi connectivity index (χ3v) is 12.4. The Kier molecular flexibility index (Phi) is 8.18. The van der Waals surface area contributed by atoms with Crippen molar-refractivity contribution in [3.8, 4) is 172 Å². The molecule has 0 saturated heterocycles. The lowest BCUT2D eigenvalue weighted by Gasteiger charge is -2.25. The van der Waals surface area contributed by atoms with E-state index in [2.05, 4.69) is 0 Å². The van der Waals surface area contributed by atoms with Gasteiger partial charge in [0.2, 0.25) is 57.5 Å². The third-order valence-electron chi connectivity index (χ3n) is 12.4. The molecule has 10 rings (SSSR count). The summed E-state index contributed by atoms with van der Waals surface area (Å²) in [7, 11) is 0. The number of hydrogen-bond acceptors (Lipinski definition) is 27. The highest BCUT2D eigenvalue weighted by atomic mass is 16.4. The normalized spacial score (nSPS) is 12.0. The Morgan fingerprint density at radius 2 is 0.366 bits per heavy atom. The Bertz CT molecular complexity index is 4200. The van der Waals surface area contributed by atoms with Crippen molar-refractivity contribution in [2.45, 2.75) is 0 Å². The Hall–Kier alpha value is -11.1. The molecular weight excluding hydrogens is 960 g/mol. The lowest BCUT2D eigenvalue weighted by molar-refractivity contribution is 0.349. The van der Waals surface area contributed by atoms with E-state index >= 15 is 0 Å². The molecule has 0 fully saturated rings. The molecule has 10 aromatic rings. The van der Waals surface area contributed by atoms with Gasteiger partial charge in [0.25, 0.3) is 0 Å². The number of phenolic OH excluding ortho intramolecular Hbond substituents is 26.